The fourth-order valence-electron chi connectivity index (χ4n) is 2.64. The minimum absolute atomic E-state index is 0.177. The van der Waals surface area contributed by atoms with E-state index < -0.39 is 37.1 Å². The summed E-state index contributed by atoms with van der Waals surface area (Å²) in [4.78, 5) is 20.2. The Morgan fingerprint density at radius 1 is 1.24 bits per heavy atom. The highest BCUT2D eigenvalue weighted by atomic mass is 32.2. The molecule has 1 aliphatic rings. The van der Waals surface area contributed by atoms with Crippen LogP contribution >= 0.6 is 23.5 Å². The van der Waals surface area contributed by atoms with Crippen molar-refractivity contribution in [3.63, 3.8) is 0 Å². The molecule has 0 amide bonds. The molecular formula is C13H16N4O6S2. The Morgan fingerprint density at radius 3 is 2.48 bits per heavy atom. The van der Waals surface area contributed by atoms with Gasteiger partial charge in [-0.05, 0) is 12.5 Å². The highest BCUT2D eigenvalue weighted by molar-refractivity contribution is 7.99. The first-order valence-electron chi connectivity index (χ1n) is 7.16. The third-order valence-corrected chi connectivity index (χ3v) is 5.06. The fourth-order valence-corrected chi connectivity index (χ4v) is 3.62. The van der Waals surface area contributed by atoms with Gasteiger partial charge in [0, 0.05) is 0 Å². The van der Waals surface area contributed by atoms with Gasteiger partial charge >= 0.3 is 5.97 Å². The van der Waals surface area contributed by atoms with Gasteiger partial charge in [0.15, 0.2) is 22.7 Å². The van der Waals surface area contributed by atoms with E-state index in [2.05, 4.69) is 15.1 Å². The molecule has 4 N–H and O–H groups in total. The molecule has 4 atom stereocenters. The van der Waals surface area contributed by atoms with Crippen molar-refractivity contribution in [3.8, 4) is 0 Å². The fraction of sp³-hybridized carbons (Fsp3) is 0.538. The van der Waals surface area contributed by atoms with Gasteiger partial charge in [-0.3, -0.25) is 0 Å². The maximum absolute atomic E-state index is 11.6. The smallest absolute Gasteiger partial charge is 0.357 e. The monoisotopic (exact) mass is 388 g/mol. The number of fused-ring (bicyclic) bond motifs is 1. The Kier molecular flexibility index (Phi) is 5.18. The second-order valence-electron chi connectivity index (χ2n) is 5.25. The summed E-state index contributed by atoms with van der Waals surface area (Å²) in [6.45, 7) is -0.499. The second kappa shape index (κ2) is 7.05. The van der Waals surface area contributed by atoms with Gasteiger partial charge in [-0.25, -0.2) is 19.4 Å². The lowest BCUT2D eigenvalue weighted by atomic mass is 10.1. The van der Waals surface area contributed by atoms with Crippen LogP contribution in [0.2, 0.25) is 0 Å². The average Bonchev–Trinajstić information content (AvgIpc) is 3.12. The molecule has 1 fully saturated rings. The number of hydrogen-bond acceptors (Lipinski definition) is 10. The topological polar surface area (TPSA) is 151 Å². The summed E-state index contributed by atoms with van der Waals surface area (Å²) in [5, 5.41) is 44.0. The van der Waals surface area contributed by atoms with E-state index in [1.165, 1.54) is 23.5 Å². The molecular weight excluding hydrogens is 372 g/mol. The summed E-state index contributed by atoms with van der Waals surface area (Å²) in [7, 11) is 0. The van der Waals surface area contributed by atoms with Crippen LogP contribution < -0.4 is 0 Å². The van der Waals surface area contributed by atoms with Gasteiger partial charge in [-0.2, -0.15) is 5.10 Å². The van der Waals surface area contributed by atoms with Crippen molar-refractivity contribution in [2.75, 3.05) is 19.1 Å². The zero-order chi connectivity index (χ0) is 18.3. The first-order chi connectivity index (χ1) is 11.9. The molecule has 0 aliphatic carbocycles. The zero-order valence-electron chi connectivity index (χ0n) is 13.2. The summed E-state index contributed by atoms with van der Waals surface area (Å²) < 4.78 is 6.58. The minimum atomic E-state index is -1.40. The normalized spacial score (nSPS) is 26.4. The van der Waals surface area contributed by atoms with Gasteiger partial charge in [0.25, 0.3) is 0 Å². The van der Waals surface area contributed by atoms with E-state index in [1.807, 2.05) is 0 Å². The number of aliphatic hydroxyl groups is 3. The van der Waals surface area contributed by atoms with Crippen LogP contribution in [0.15, 0.2) is 10.2 Å². The molecule has 2 aromatic heterocycles. The molecule has 136 valence electrons. The van der Waals surface area contributed by atoms with Crippen LogP contribution in [0.3, 0.4) is 0 Å². The standard InChI is InChI=1S/C13H16N4O6S2/c1-24-10-5-6(12(21)22)16-17(9(5)14-13(15-10)25-2)11-8(20)7(19)4(3-18)23-11/h4,7-8,11,18-20H,3H2,1-2H3,(H,21,22)/t4-,7-,8-,11-/m1/s1. The van der Waals surface area contributed by atoms with E-state index in [0.717, 1.165) is 4.68 Å². The van der Waals surface area contributed by atoms with Gasteiger partial charge in [-0.15, -0.1) is 11.8 Å². The number of carboxylic acid groups (broad SMARTS) is 1. The molecule has 0 spiro atoms. The van der Waals surface area contributed by atoms with Gasteiger partial charge in [0.2, 0.25) is 0 Å². The maximum atomic E-state index is 11.6. The molecule has 0 saturated carbocycles. The molecule has 10 nitrogen and oxygen atoms in total. The second-order valence-corrected chi connectivity index (χ2v) is 6.81. The number of ether oxygens (including phenoxy) is 1. The summed E-state index contributed by atoms with van der Waals surface area (Å²) in [6.07, 6.45) is -1.38. The van der Waals surface area contributed by atoms with Crippen LogP contribution in [-0.2, 0) is 4.74 Å². The van der Waals surface area contributed by atoms with E-state index >= 15 is 0 Å². The van der Waals surface area contributed by atoms with Crippen molar-refractivity contribution < 1.29 is 30.0 Å². The number of carboxylic acids is 1. The lowest BCUT2D eigenvalue weighted by Crippen LogP contribution is -2.33. The summed E-state index contributed by atoms with van der Waals surface area (Å²) in [6, 6.07) is 0. The Labute approximate surface area is 150 Å². The molecule has 0 aromatic carbocycles. The van der Waals surface area contributed by atoms with Crippen LogP contribution in [0, 0.1) is 0 Å². The number of nitrogens with zero attached hydrogens (tertiary/aromatic N) is 4. The molecule has 0 bridgehead atoms. The van der Waals surface area contributed by atoms with E-state index in [0.29, 0.717) is 10.2 Å². The average molecular weight is 388 g/mol. The number of carbonyl (C=O) groups is 1. The number of aliphatic hydroxyl groups excluding tert-OH is 3. The predicted octanol–water partition coefficient (Wildman–Crippen LogP) is -0.420. The largest absolute Gasteiger partial charge is 0.476 e. The van der Waals surface area contributed by atoms with Crippen molar-refractivity contribution in [1.29, 1.82) is 0 Å². The number of thioether (sulfide) groups is 2. The van der Waals surface area contributed by atoms with Crippen molar-refractivity contribution in [2.24, 2.45) is 0 Å². The lowest BCUT2D eigenvalue weighted by molar-refractivity contribution is -0.0568. The number of hydrogen-bond donors (Lipinski definition) is 4. The first-order valence-corrected chi connectivity index (χ1v) is 9.61. The number of aromatic nitrogens is 4. The van der Waals surface area contributed by atoms with Crippen molar-refractivity contribution in [3.05, 3.63) is 5.69 Å². The molecule has 3 heterocycles. The highest BCUT2D eigenvalue weighted by Gasteiger charge is 2.45. The van der Waals surface area contributed by atoms with Crippen molar-refractivity contribution >= 4 is 40.5 Å². The zero-order valence-corrected chi connectivity index (χ0v) is 14.9. The Hall–Kier alpha value is -1.44. The molecule has 3 rings (SSSR count). The molecule has 1 saturated heterocycles. The quantitative estimate of drug-likeness (QED) is 0.300. The van der Waals surface area contributed by atoms with Crippen LogP contribution in [0.1, 0.15) is 16.7 Å². The Morgan fingerprint density at radius 2 is 1.96 bits per heavy atom. The minimum Gasteiger partial charge on any atom is -0.476 e. The highest BCUT2D eigenvalue weighted by Crippen LogP contribution is 2.35. The Bertz CT molecular complexity index is 815. The molecule has 0 radical (unpaired) electrons. The van der Waals surface area contributed by atoms with Gasteiger partial charge in [-0.1, -0.05) is 11.8 Å². The molecule has 2 aromatic rings. The van der Waals surface area contributed by atoms with Crippen molar-refractivity contribution in [1.82, 2.24) is 19.7 Å². The first kappa shape index (κ1) is 18.4. The number of aromatic carboxylic acids is 1. The van der Waals surface area contributed by atoms with Gasteiger partial charge < -0.3 is 25.2 Å². The summed E-state index contributed by atoms with van der Waals surface area (Å²) >= 11 is 2.52. The van der Waals surface area contributed by atoms with E-state index in [4.69, 9.17) is 4.74 Å². The predicted molar refractivity (Wildman–Crippen MR) is 88.9 cm³/mol. The molecule has 12 heteroatoms. The van der Waals surface area contributed by atoms with Crippen molar-refractivity contribution in [2.45, 2.75) is 34.7 Å². The number of rotatable bonds is 5. The van der Waals surface area contributed by atoms with Crippen LogP contribution in [0.5, 0.6) is 0 Å². The van der Waals surface area contributed by atoms with E-state index in [1.54, 1.807) is 12.5 Å². The van der Waals surface area contributed by atoms with Crippen LogP contribution in [0.25, 0.3) is 11.0 Å². The van der Waals surface area contributed by atoms with Crippen LogP contribution in [-0.4, -0.2) is 83.6 Å². The molecule has 25 heavy (non-hydrogen) atoms. The molecule has 0 unspecified atom stereocenters. The Balaban J connectivity index is 2.23. The lowest BCUT2D eigenvalue weighted by Gasteiger charge is -2.15. The third kappa shape index (κ3) is 2.98. The SMILES string of the molecule is CSc1nc(SC)c2c(C(=O)O)nn([C@@H]3O[C@H](CO)[C@@H](O)[C@H]3O)c2n1. The van der Waals surface area contributed by atoms with E-state index in [-0.39, 0.29) is 16.7 Å². The molecule has 1 aliphatic heterocycles. The van der Waals surface area contributed by atoms with Crippen LogP contribution in [0.4, 0.5) is 0 Å². The maximum Gasteiger partial charge on any atom is 0.357 e. The van der Waals surface area contributed by atoms with Gasteiger partial charge in [0.05, 0.1) is 12.0 Å². The van der Waals surface area contributed by atoms with Gasteiger partial charge in [0.1, 0.15) is 23.3 Å². The summed E-state index contributed by atoms with van der Waals surface area (Å²) in [5.41, 5.74) is -0.0966. The summed E-state index contributed by atoms with van der Waals surface area (Å²) in [5.74, 6) is -1.27. The van der Waals surface area contributed by atoms with E-state index in [9.17, 15) is 25.2 Å². The third-order valence-electron chi connectivity index (χ3n) is 3.83.